The van der Waals surface area contributed by atoms with Crippen LogP contribution in [0.2, 0.25) is 0 Å². The summed E-state index contributed by atoms with van der Waals surface area (Å²) in [5.41, 5.74) is 1.17. The predicted molar refractivity (Wildman–Crippen MR) is 48.6 cm³/mol. The van der Waals surface area contributed by atoms with Gasteiger partial charge in [-0.1, -0.05) is 24.3 Å². The smallest absolute Gasteiger partial charge is 0.126 e. The van der Waals surface area contributed by atoms with Gasteiger partial charge in [-0.15, -0.1) is 0 Å². The lowest BCUT2D eigenvalue weighted by molar-refractivity contribution is 0.358. The molecule has 1 aliphatic rings. The second-order valence-electron chi connectivity index (χ2n) is 2.25. The molecule has 0 aliphatic carbocycles. The van der Waals surface area contributed by atoms with Crippen LogP contribution < -0.4 is 4.74 Å². The molecule has 2 heteroatoms. The van der Waals surface area contributed by atoms with E-state index < -0.39 is 0 Å². The fourth-order valence-corrected chi connectivity index (χ4v) is 1.06. The zero-order valence-electron chi connectivity index (χ0n) is 5.99. The van der Waals surface area contributed by atoms with Crippen LogP contribution in [0, 0.1) is 0 Å². The van der Waals surface area contributed by atoms with E-state index in [0.29, 0.717) is 6.61 Å². The first-order chi connectivity index (χ1) is 4.97. The van der Waals surface area contributed by atoms with Crippen molar-refractivity contribution in [2.45, 2.75) is 0 Å². The molecule has 0 amide bonds. The average Bonchev–Trinajstić information content (AvgIpc) is 2.05. The van der Waals surface area contributed by atoms with Crippen LogP contribution in [0.1, 0.15) is 5.56 Å². The molecule has 0 bridgehead atoms. The minimum Gasteiger partial charge on any atom is -0.489 e. The molecule has 11 heavy (non-hydrogen) atoms. The van der Waals surface area contributed by atoms with Crippen molar-refractivity contribution in [3.63, 3.8) is 0 Å². The number of hydrogen-bond acceptors (Lipinski definition) is 1. The normalized spacial score (nSPS) is 12.7. The van der Waals surface area contributed by atoms with Crippen molar-refractivity contribution in [3.05, 3.63) is 35.9 Å². The van der Waals surface area contributed by atoms with Crippen LogP contribution in [0.5, 0.6) is 5.75 Å². The maximum absolute atomic E-state index is 5.34. The maximum Gasteiger partial charge on any atom is 0.126 e. The molecule has 1 aromatic rings. The van der Waals surface area contributed by atoms with E-state index in [9.17, 15) is 0 Å². The van der Waals surface area contributed by atoms with E-state index >= 15 is 0 Å². The number of fused-ring (bicyclic) bond motifs is 1. The molecule has 0 spiro atoms. The summed E-state index contributed by atoms with van der Waals surface area (Å²) in [5, 5.41) is 0. The first-order valence-corrected chi connectivity index (χ1v) is 3.35. The van der Waals surface area contributed by atoms with Gasteiger partial charge < -0.3 is 4.74 Å². The monoisotopic (exact) mass is 164 g/mol. The number of rotatable bonds is 0. The Bertz CT molecular complexity index is 268. The quantitative estimate of drug-likeness (QED) is 0.573. The molecule has 0 saturated heterocycles. The van der Waals surface area contributed by atoms with E-state index in [4.69, 9.17) is 4.74 Å². The molecule has 0 aromatic heterocycles. The summed E-state index contributed by atoms with van der Waals surface area (Å²) in [6.07, 6.45) is 4.10. The van der Waals surface area contributed by atoms with Crippen LogP contribution >= 0.6 is 13.5 Å². The summed E-state index contributed by atoms with van der Waals surface area (Å²) in [6, 6.07) is 8.03. The van der Waals surface area contributed by atoms with Crippen molar-refractivity contribution < 1.29 is 4.74 Å². The Hall–Kier alpha value is -0.890. The van der Waals surface area contributed by atoms with Crippen LogP contribution in [-0.2, 0) is 0 Å². The summed E-state index contributed by atoms with van der Waals surface area (Å²) in [6.45, 7) is 0.705. The van der Waals surface area contributed by atoms with Crippen molar-refractivity contribution in [2.75, 3.05) is 6.61 Å². The highest BCUT2D eigenvalue weighted by molar-refractivity contribution is 7.59. The molecule has 0 fully saturated rings. The van der Waals surface area contributed by atoms with Gasteiger partial charge in [0.15, 0.2) is 0 Å². The fraction of sp³-hybridized carbons (Fsp3) is 0.111. The SMILES string of the molecule is C1=Cc2ccccc2OC1.[S]. The molecule has 2 rings (SSSR count). The third-order valence-electron chi connectivity index (χ3n) is 1.55. The molecular formula is C9H8OS. The maximum atomic E-state index is 5.34. The largest absolute Gasteiger partial charge is 0.489 e. The first kappa shape index (κ1) is 8.21. The molecule has 2 radical (unpaired) electrons. The lowest BCUT2D eigenvalue weighted by Crippen LogP contribution is -1.98. The second kappa shape index (κ2) is 3.49. The third-order valence-corrected chi connectivity index (χ3v) is 1.55. The standard InChI is InChI=1S/C9H8O.S/c1-2-6-9-8(4-1)5-3-7-10-9;/h1-6H,7H2;. The predicted octanol–water partition coefficient (Wildman–Crippen LogP) is 2.74. The fourth-order valence-electron chi connectivity index (χ4n) is 1.06. The third kappa shape index (κ3) is 1.57. The molecule has 1 aliphatic heterocycles. The second-order valence-corrected chi connectivity index (χ2v) is 2.25. The summed E-state index contributed by atoms with van der Waals surface area (Å²) >= 11 is 0. The van der Waals surface area contributed by atoms with Crippen LogP contribution in [-0.4, -0.2) is 6.61 Å². The molecular weight excluding hydrogens is 156 g/mol. The van der Waals surface area contributed by atoms with Crippen LogP contribution in [0.15, 0.2) is 30.3 Å². The number of benzene rings is 1. The Morgan fingerprint density at radius 1 is 1.18 bits per heavy atom. The van der Waals surface area contributed by atoms with Gasteiger partial charge in [-0.3, -0.25) is 0 Å². The Labute approximate surface area is 73.1 Å². The molecule has 1 nitrogen and oxygen atoms in total. The Morgan fingerprint density at radius 3 is 2.82 bits per heavy atom. The minimum absolute atomic E-state index is 0. The number of ether oxygens (including phenoxy) is 1. The van der Waals surface area contributed by atoms with Crippen molar-refractivity contribution in [1.82, 2.24) is 0 Å². The van der Waals surface area contributed by atoms with Gasteiger partial charge in [0.05, 0.1) is 0 Å². The highest BCUT2D eigenvalue weighted by Crippen LogP contribution is 2.21. The highest BCUT2D eigenvalue weighted by atomic mass is 32.1. The van der Waals surface area contributed by atoms with Crippen molar-refractivity contribution in [3.8, 4) is 5.75 Å². The average molecular weight is 164 g/mol. The van der Waals surface area contributed by atoms with Crippen molar-refractivity contribution >= 4 is 19.6 Å². The number of para-hydroxylation sites is 1. The number of hydrogen-bond donors (Lipinski definition) is 0. The van der Waals surface area contributed by atoms with Gasteiger partial charge in [-0.05, 0) is 12.1 Å². The zero-order valence-corrected chi connectivity index (χ0v) is 6.80. The topological polar surface area (TPSA) is 9.23 Å². The summed E-state index contributed by atoms with van der Waals surface area (Å²) < 4.78 is 5.34. The Kier molecular flexibility index (Phi) is 2.60. The van der Waals surface area contributed by atoms with Gasteiger partial charge in [0.2, 0.25) is 0 Å². The Morgan fingerprint density at radius 2 is 2.00 bits per heavy atom. The lowest BCUT2D eigenvalue weighted by atomic mass is 10.1. The molecule has 0 saturated carbocycles. The highest BCUT2D eigenvalue weighted by Gasteiger charge is 2.01. The molecule has 1 aromatic carbocycles. The van der Waals surface area contributed by atoms with Gasteiger partial charge in [-0.2, -0.15) is 0 Å². The van der Waals surface area contributed by atoms with E-state index in [1.54, 1.807) is 0 Å². The lowest BCUT2D eigenvalue weighted by Gasteiger charge is -2.10. The van der Waals surface area contributed by atoms with Gasteiger partial charge in [0.1, 0.15) is 12.4 Å². The van der Waals surface area contributed by atoms with Gasteiger partial charge in [0, 0.05) is 19.1 Å². The molecule has 56 valence electrons. The Balaban J connectivity index is 0.000000605. The van der Waals surface area contributed by atoms with E-state index in [1.807, 2.05) is 30.3 Å². The van der Waals surface area contributed by atoms with Crippen molar-refractivity contribution in [1.29, 1.82) is 0 Å². The van der Waals surface area contributed by atoms with Crippen LogP contribution in [0.4, 0.5) is 0 Å². The van der Waals surface area contributed by atoms with E-state index in [-0.39, 0.29) is 13.5 Å². The molecule has 0 N–H and O–H groups in total. The van der Waals surface area contributed by atoms with Crippen LogP contribution in [0.3, 0.4) is 0 Å². The minimum atomic E-state index is 0. The van der Waals surface area contributed by atoms with Gasteiger partial charge in [-0.25, -0.2) is 0 Å². The van der Waals surface area contributed by atoms with Crippen LogP contribution in [0.25, 0.3) is 6.08 Å². The molecule has 0 atom stereocenters. The zero-order chi connectivity index (χ0) is 6.81. The molecule has 1 heterocycles. The first-order valence-electron chi connectivity index (χ1n) is 3.35. The van der Waals surface area contributed by atoms with Gasteiger partial charge in [0.25, 0.3) is 0 Å². The van der Waals surface area contributed by atoms with Gasteiger partial charge >= 0.3 is 0 Å². The summed E-state index contributed by atoms with van der Waals surface area (Å²) in [5.74, 6) is 0.991. The molecule has 0 unspecified atom stereocenters. The summed E-state index contributed by atoms with van der Waals surface area (Å²) in [7, 11) is 0. The summed E-state index contributed by atoms with van der Waals surface area (Å²) in [4.78, 5) is 0. The van der Waals surface area contributed by atoms with E-state index in [1.165, 1.54) is 5.56 Å². The van der Waals surface area contributed by atoms with E-state index in [0.717, 1.165) is 5.75 Å². The van der Waals surface area contributed by atoms with Crippen molar-refractivity contribution in [2.24, 2.45) is 0 Å². The van der Waals surface area contributed by atoms with E-state index in [2.05, 4.69) is 6.08 Å².